The minimum Gasteiger partial charge on any atom is -0.195 e. The summed E-state index contributed by atoms with van der Waals surface area (Å²) in [4.78, 5) is 0. The van der Waals surface area contributed by atoms with Crippen molar-refractivity contribution in [3.05, 3.63) is 47.3 Å². The maximum Gasteiger partial charge on any atom is 0.416 e. The molecular formula is C18H19F4N. The number of nitriles is 1. The summed E-state index contributed by atoms with van der Waals surface area (Å²) in [5.74, 6) is -0.0535. The lowest BCUT2D eigenvalue weighted by molar-refractivity contribution is -0.137. The van der Waals surface area contributed by atoms with Crippen molar-refractivity contribution in [3.8, 4) is 6.07 Å². The van der Waals surface area contributed by atoms with Gasteiger partial charge < -0.3 is 0 Å². The fourth-order valence-corrected chi connectivity index (χ4v) is 3.12. The lowest BCUT2D eigenvalue weighted by Gasteiger charge is -2.26. The minimum atomic E-state index is -4.29. The summed E-state index contributed by atoms with van der Waals surface area (Å²) in [6, 6.07) is 6.84. The highest BCUT2D eigenvalue weighted by Crippen LogP contribution is 2.33. The summed E-state index contributed by atoms with van der Waals surface area (Å²) in [5, 5.41) is 8.43. The van der Waals surface area contributed by atoms with Gasteiger partial charge in [-0.1, -0.05) is 12.1 Å². The van der Waals surface area contributed by atoms with Gasteiger partial charge in [-0.05, 0) is 74.1 Å². The van der Waals surface area contributed by atoms with Crippen LogP contribution in [0.4, 0.5) is 17.6 Å². The Kier molecular flexibility index (Phi) is 5.81. The zero-order valence-corrected chi connectivity index (χ0v) is 12.7. The first-order valence-electron chi connectivity index (χ1n) is 7.82. The molecule has 0 aromatic heterocycles. The first-order valence-corrected chi connectivity index (χ1v) is 7.82. The molecule has 2 rings (SSSR count). The molecule has 23 heavy (non-hydrogen) atoms. The fraction of sp³-hybridized carbons (Fsp3) is 0.500. The number of benzene rings is 1. The van der Waals surface area contributed by atoms with E-state index in [4.69, 9.17) is 5.26 Å². The molecule has 1 aromatic rings. The van der Waals surface area contributed by atoms with Crippen LogP contribution >= 0.6 is 0 Å². The standard InChI is InChI=1S/C18H19F4N/c19-17(12-23)11-15-5-3-13(4-6-15)1-2-14-7-9-16(10-8-14)18(20,21)22/h7-11,13,15H,1-6H2/b17-11-. The van der Waals surface area contributed by atoms with Crippen LogP contribution in [0.3, 0.4) is 0 Å². The number of alkyl halides is 3. The lowest BCUT2D eigenvalue weighted by atomic mass is 9.79. The third-order valence-electron chi connectivity index (χ3n) is 4.50. The van der Waals surface area contributed by atoms with Crippen molar-refractivity contribution < 1.29 is 17.6 Å². The van der Waals surface area contributed by atoms with E-state index in [1.807, 2.05) is 0 Å². The molecule has 0 heterocycles. The van der Waals surface area contributed by atoms with Gasteiger partial charge in [0, 0.05) is 0 Å². The molecule has 0 unspecified atom stereocenters. The van der Waals surface area contributed by atoms with E-state index in [9.17, 15) is 17.6 Å². The van der Waals surface area contributed by atoms with Crippen LogP contribution in [0.15, 0.2) is 36.2 Å². The fourth-order valence-electron chi connectivity index (χ4n) is 3.12. The zero-order chi connectivity index (χ0) is 16.9. The molecule has 124 valence electrons. The Bertz CT molecular complexity index is 573. The van der Waals surface area contributed by atoms with Gasteiger partial charge in [0.25, 0.3) is 0 Å². The third kappa shape index (κ3) is 5.38. The van der Waals surface area contributed by atoms with E-state index in [0.29, 0.717) is 5.92 Å². The second-order valence-corrected chi connectivity index (χ2v) is 6.14. The number of nitrogens with zero attached hydrogens (tertiary/aromatic N) is 1. The monoisotopic (exact) mass is 325 g/mol. The second-order valence-electron chi connectivity index (χ2n) is 6.14. The zero-order valence-electron chi connectivity index (χ0n) is 12.7. The van der Waals surface area contributed by atoms with Gasteiger partial charge in [-0.3, -0.25) is 0 Å². The average molecular weight is 325 g/mol. The molecule has 0 saturated heterocycles. The summed E-state index contributed by atoms with van der Waals surface area (Å²) < 4.78 is 50.4. The number of rotatable bonds is 4. The van der Waals surface area contributed by atoms with Crippen molar-refractivity contribution in [1.29, 1.82) is 5.26 Å². The minimum absolute atomic E-state index is 0.136. The Morgan fingerprint density at radius 3 is 2.26 bits per heavy atom. The predicted octanol–water partition coefficient (Wildman–Crippen LogP) is 5.82. The molecule has 1 aliphatic carbocycles. The normalized spacial score (nSPS) is 22.7. The van der Waals surface area contributed by atoms with Gasteiger partial charge in [0.1, 0.15) is 6.07 Å². The highest BCUT2D eigenvalue weighted by atomic mass is 19.4. The van der Waals surface area contributed by atoms with Crippen LogP contribution in [0.2, 0.25) is 0 Å². The van der Waals surface area contributed by atoms with E-state index in [1.165, 1.54) is 12.1 Å². The van der Waals surface area contributed by atoms with Gasteiger partial charge in [-0.25, -0.2) is 0 Å². The van der Waals surface area contributed by atoms with Gasteiger partial charge in [0.2, 0.25) is 0 Å². The molecule has 5 heteroatoms. The average Bonchev–Trinajstić information content (AvgIpc) is 2.53. The van der Waals surface area contributed by atoms with Gasteiger partial charge in [0.05, 0.1) is 5.56 Å². The highest BCUT2D eigenvalue weighted by Gasteiger charge is 2.30. The smallest absolute Gasteiger partial charge is 0.195 e. The molecule has 0 atom stereocenters. The summed E-state index contributed by atoms with van der Waals surface area (Å²) in [6.07, 6.45) is 2.49. The lowest BCUT2D eigenvalue weighted by Crippen LogP contribution is -2.14. The molecule has 0 aliphatic heterocycles. The summed E-state index contributed by atoms with van der Waals surface area (Å²) in [5.41, 5.74) is 0.295. The molecule has 1 aromatic carbocycles. The first kappa shape index (κ1) is 17.5. The Labute approximate surface area is 133 Å². The van der Waals surface area contributed by atoms with Crippen LogP contribution in [0.5, 0.6) is 0 Å². The molecule has 0 N–H and O–H groups in total. The Morgan fingerprint density at radius 1 is 1.13 bits per heavy atom. The van der Waals surface area contributed by atoms with E-state index < -0.39 is 17.6 Å². The maximum absolute atomic E-state index is 12.9. The van der Waals surface area contributed by atoms with Gasteiger partial charge in [0.15, 0.2) is 5.83 Å². The SMILES string of the molecule is N#C/C(F)=C/C1CCC(CCc2ccc(C(F)(F)F)cc2)CC1. The van der Waals surface area contributed by atoms with Crippen molar-refractivity contribution in [2.75, 3.05) is 0 Å². The van der Waals surface area contributed by atoms with Crippen LogP contribution in [0, 0.1) is 23.2 Å². The molecule has 0 radical (unpaired) electrons. The first-order chi connectivity index (χ1) is 10.9. The van der Waals surface area contributed by atoms with E-state index in [1.54, 1.807) is 12.1 Å². The van der Waals surface area contributed by atoms with Gasteiger partial charge in [-0.2, -0.15) is 22.8 Å². The van der Waals surface area contributed by atoms with Crippen molar-refractivity contribution >= 4 is 0 Å². The number of allylic oxidation sites excluding steroid dienone is 2. The van der Waals surface area contributed by atoms with Crippen LogP contribution in [-0.4, -0.2) is 0 Å². The van der Waals surface area contributed by atoms with E-state index in [0.717, 1.165) is 56.2 Å². The number of aryl methyl sites for hydroxylation is 1. The second kappa shape index (κ2) is 7.63. The molecule has 1 aliphatic rings. The van der Waals surface area contributed by atoms with E-state index >= 15 is 0 Å². The van der Waals surface area contributed by atoms with Crippen molar-refractivity contribution in [2.24, 2.45) is 11.8 Å². The molecule has 1 fully saturated rings. The summed E-state index contributed by atoms with van der Waals surface area (Å²) >= 11 is 0. The van der Waals surface area contributed by atoms with E-state index in [2.05, 4.69) is 0 Å². The summed E-state index contributed by atoms with van der Waals surface area (Å²) in [7, 11) is 0. The van der Waals surface area contributed by atoms with E-state index in [-0.39, 0.29) is 5.92 Å². The topological polar surface area (TPSA) is 23.8 Å². The van der Waals surface area contributed by atoms with Crippen molar-refractivity contribution in [3.63, 3.8) is 0 Å². The van der Waals surface area contributed by atoms with Crippen molar-refractivity contribution in [2.45, 2.75) is 44.7 Å². The van der Waals surface area contributed by atoms with Crippen molar-refractivity contribution in [1.82, 2.24) is 0 Å². The third-order valence-corrected chi connectivity index (χ3v) is 4.50. The maximum atomic E-state index is 12.9. The van der Waals surface area contributed by atoms with Crippen LogP contribution in [0.25, 0.3) is 0 Å². The van der Waals surface area contributed by atoms with Crippen LogP contribution < -0.4 is 0 Å². The molecular weight excluding hydrogens is 306 g/mol. The van der Waals surface area contributed by atoms with Crippen LogP contribution in [0.1, 0.15) is 43.2 Å². The number of halogens is 4. The number of hydrogen-bond acceptors (Lipinski definition) is 1. The highest BCUT2D eigenvalue weighted by molar-refractivity contribution is 5.24. The number of hydrogen-bond donors (Lipinski definition) is 0. The molecule has 0 spiro atoms. The Hall–Kier alpha value is -1.83. The molecule has 1 nitrogen and oxygen atoms in total. The van der Waals surface area contributed by atoms with Gasteiger partial charge >= 0.3 is 6.18 Å². The Morgan fingerprint density at radius 2 is 1.74 bits per heavy atom. The summed E-state index contributed by atoms with van der Waals surface area (Å²) in [6.45, 7) is 0. The molecule has 0 amide bonds. The predicted molar refractivity (Wildman–Crippen MR) is 80.0 cm³/mol. The largest absolute Gasteiger partial charge is 0.416 e. The molecule has 0 bridgehead atoms. The Balaban J connectivity index is 1.79. The quantitative estimate of drug-likeness (QED) is 0.505. The van der Waals surface area contributed by atoms with Crippen LogP contribution in [-0.2, 0) is 12.6 Å². The molecule has 1 saturated carbocycles. The van der Waals surface area contributed by atoms with Gasteiger partial charge in [-0.15, -0.1) is 0 Å².